The molecule has 2 N–H and O–H groups in total. The van der Waals surface area contributed by atoms with Gasteiger partial charge in [-0.1, -0.05) is 23.2 Å². The fourth-order valence-corrected chi connectivity index (χ4v) is 3.07. The van der Waals surface area contributed by atoms with Gasteiger partial charge in [0.1, 0.15) is 17.7 Å². The topological polar surface area (TPSA) is 68.7 Å². The molecule has 5 nitrogen and oxygen atoms in total. The minimum Gasteiger partial charge on any atom is -0.455 e. The highest BCUT2D eigenvalue weighted by Gasteiger charge is 2.29. The van der Waals surface area contributed by atoms with Crippen molar-refractivity contribution >= 4 is 29.1 Å². The fraction of sp³-hybridized carbons (Fsp3) is 0.312. The molecule has 2 aromatic rings. The van der Waals surface area contributed by atoms with Crippen molar-refractivity contribution in [1.29, 1.82) is 0 Å². The molecule has 1 aliphatic rings. The van der Waals surface area contributed by atoms with E-state index in [-0.39, 0.29) is 29.8 Å². The van der Waals surface area contributed by atoms with E-state index < -0.39 is 11.9 Å². The van der Waals surface area contributed by atoms with Crippen LogP contribution in [0.15, 0.2) is 28.7 Å². The highest BCUT2D eigenvalue weighted by molar-refractivity contribution is 6.35. The van der Waals surface area contributed by atoms with Crippen molar-refractivity contribution in [2.45, 2.75) is 12.6 Å². The molecule has 0 aliphatic carbocycles. The van der Waals surface area contributed by atoms with Crippen LogP contribution in [0.2, 0.25) is 10.0 Å². The predicted octanol–water partition coefficient (Wildman–Crippen LogP) is 3.40. The van der Waals surface area contributed by atoms with Gasteiger partial charge in [-0.2, -0.15) is 0 Å². The molecule has 0 spiro atoms. The highest BCUT2D eigenvalue weighted by Crippen LogP contribution is 2.32. The second kappa shape index (κ2) is 7.11. The van der Waals surface area contributed by atoms with Gasteiger partial charge in [-0.3, -0.25) is 4.79 Å². The highest BCUT2D eigenvalue weighted by atomic mass is 35.5. The molecule has 0 unspecified atom stereocenters. The molecule has 1 aromatic heterocycles. The maximum absolute atomic E-state index is 13.7. The summed E-state index contributed by atoms with van der Waals surface area (Å²) in [6, 6.07) is 5.82. The molecule has 1 fully saturated rings. The number of nitrogens with zero attached hydrogens (tertiary/aromatic N) is 1. The van der Waals surface area contributed by atoms with Gasteiger partial charge in [0.15, 0.2) is 5.76 Å². The number of rotatable bonds is 3. The smallest absolute Gasteiger partial charge is 0.289 e. The molecule has 0 bridgehead atoms. The van der Waals surface area contributed by atoms with Gasteiger partial charge in [0.25, 0.3) is 5.91 Å². The minimum absolute atomic E-state index is 0.0580. The van der Waals surface area contributed by atoms with Gasteiger partial charge in [0.05, 0.1) is 24.7 Å². The van der Waals surface area contributed by atoms with Crippen LogP contribution in [0.4, 0.5) is 4.39 Å². The van der Waals surface area contributed by atoms with E-state index in [1.165, 1.54) is 12.1 Å². The molecule has 0 radical (unpaired) electrons. The molecular formula is C16H15Cl2FN2O3. The van der Waals surface area contributed by atoms with Crippen LogP contribution < -0.4 is 5.73 Å². The fourth-order valence-electron chi connectivity index (χ4n) is 2.56. The van der Waals surface area contributed by atoms with Crippen LogP contribution in [0.25, 0.3) is 0 Å². The van der Waals surface area contributed by atoms with Crippen LogP contribution in [0.3, 0.4) is 0 Å². The summed E-state index contributed by atoms with van der Waals surface area (Å²) in [5, 5.41) is 0.238. The lowest BCUT2D eigenvalue weighted by Crippen LogP contribution is -2.42. The molecule has 1 saturated heterocycles. The monoisotopic (exact) mass is 372 g/mol. The van der Waals surface area contributed by atoms with E-state index in [0.29, 0.717) is 29.5 Å². The zero-order chi connectivity index (χ0) is 17.3. The first-order chi connectivity index (χ1) is 11.5. The molecular weight excluding hydrogens is 358 g/mol. The summed E-state index contributed by atoms with van der Waals surface area (Å²) in [5.74, 6) is -0.106. The van der Waals surface area contributed by atoms with E-state index in [0.717, 1.165) is 0 Å². The number of halogens is 3. The van der Waals surface area contributed by atoms with Crippen LogP contribution >= 0.6 is 23.2 Å². The van der Waals surface area contributed by atoms with Crippen LogP contribution in [-0.2, 0) is 11.3 Å². The maximum atomic E-state index is 13.7. The molecule has 128 valence electrons. The van der Waals surface area contributed by atoms with E-state index in [1.807, 2.05) is 0 Å². The molecule has 1 atom stereocenters. The first-order valence-corrected chi connectivity index (χ1v) is 8.09. The Morgan fingerprint density at radius 3 is 2.83 bits per heavy atom. The van der Waals surface area contributed by atoms with Crippen molar-refractivity contribution in [3.05, 3.63) is 57.2 Å². The third kappa shape index (κ3) is 3.42. The number of carbonyl (C=O) groups excluding carboxylic acids is 1. The summed E-state index contributed by atoms with van der Waals surface area (Å²) in [4.78, 5) is 14.1. The van der Waals surface area contributed by atoms with Crippen molar-refractivity contribution in [1.82, 2.24) is 4.90 Å². The minimum atomic E-state index is -0.582. The lowest BCUT2D eigenvalue weighted by Gasteiger charge is -2.33. The van der Waals surface area contributed by atoms with Crippen molar-refractivity contribution in [2.24, 2.45) is 5.73 Å². The SMILES string of the molecule is NCc1ccc(C(=O)N2CCO[C@H](c3cc(F)c(Cl)cc3Cl)C2)o1. The van der Waals surface area contributed by atoms with Gasteiger partial charge in [-0.05, 0) is 24.3 Å². The Morgan fingerprint density at radius 2 is 2.12 bits per heavy atom. The molecule has 8 heteroatoms. The largest absolute Gasteiger partial charge is 0.455 e. The number of hydrogen-bond donors (Lipinski definition) is 1. The lowest BCUT2D eigenvalue weighted by atomic mass is 10.1. The van der Waals surface area contributed by atoms with Gasteiger partial charge in [-0.25, -0.2) is 4.39 Å². The van der Waals surface area contributed by atoms with Crippen LogP contribution in [0.1, 0.15) is 28.0 Å². The first kappa shape index (κ1) is 17.2. The third-order valence-corrected chi connectivity index (χ3v) is 4.43. The number of benzene rings is 1. The summed E-state index contributed by atoms with van der Waals surface area (Å²) in [7, 11) is 0. The summed E-state index contributed by atoms with van der Waals surface area (Å²) < 4.78 is 24.8. The standard InChI is InChI=1S/C16H15Cl2FN2O3/c17-11-6-12(18)13(19)5-10(11)15-8-21(3-4-23-15)16(22)14-2-1-9(7-20)24-14/h1-2,5-6,15H,3-4,7-8,20H2/t15-/m0/s1. The number of morpholine rings is 1. The molecule has 2 heterocycles. The Morgan fingerprint density at radius 1 is 1.33 bits per heavy atom. The Bertz CT molecular complexity index is 766. The predicted molar refractivity (Wildman–Crippen MR) is 87.6 cm³/mol. The van der Waals surface area contributed by atoms with Crippen molar-refractivity contribution in [2.75, 3.05) is 19.7 Å². The summed E-state index contributed by atoms with van der Waals surface area (Å²) in [5.41, 5.74) is 5.94. The Hall–Kier alpha value is -1.60. The molecule has 1 amide bonds. The number of ether oxygens (including phenoxy) is 1. The summed E-state index contributed by atoms with van der Waals surface area (Å²) in [6.07, 6.45) is -0.536. The first-order valence-electron chi connectivity index (χ1n) is 7.33. The average Bonchev–Trinajstić information content (AvgIpc) is 3.06. The number of furan rings is 1. The average molecular weight is 373 g/mol. The molecule has 24 heavy (non-hydrogen) atoms. The van der Waals surface area contributed by atoms with Gasteiger partial charge in [0.2, 0.25) is 0 Å². The third-order valence-electron chi connectivity index (χ3n) is 3.81. The van der Waals surface area contributed by atoms with Crippen molar-refractivity contribution in [3.63, 3.8) is 0 Å². The Balaban J connectivity index is 1.79. The van der Waals surface area contributed by atoms with Gasteiger partial charge in [-0.15, -0.1) is 0 Å². The number of carbonyl (C=O) groups is 1. The summed E-state index contributed by atoms with van der Waals surface area (Å²) >= 11 is 11.8. The van der Waals surface area contributed by atoms with Crippen LogP contribution in [0.5, 0.6) is 0 Å². The van der Waals surface area contributed by atoms with Crippen LogP contribution in [0, 0.1) is 5.82 Å². The molecule has 1 aromatic carbocycles. The Kier molecular flexibility index (Phi) is 5.10. The molecule has 1 aliphatic heterocycles. The quantitative estimate of drug-likeness (QED) is 0.838. The second-order valence-corrected chi connectivity index (χ2v) is 6.18. The maximum Gasteiger partial charge on any atom is 0.289 e. The van der Waals surface area contributed by atoms with Crippen molar-refractivity contribution < 1.29 is 18.3 Å². The molecule has 3 rings (SSSR count). The van der Waals surface area contributed by atoms with E-state index in [1.54, 1.807) is 17.0 Å². The number of amides is 1. The van der Waals surface area contributed by atoms with Crippen molar-refractivity contribution in [3.8, 4) is 0 Å². The van der Waals surface area contributed by atoms with E-state index in [9.17, 15) is 9.18 Å². The zero-order valence-corrected chi connectivity index (χ0v) is 14.1. The molecule has 0 saturated carbocycles. The number of nitrogens with two attached hydrogens (primary N) is 1. The Labute approximate surface area is 148 Å². The van der Waals surface area contributed by atoms with Crippen LogP contribution in [-0.4, -0.2) is 30.5 Å². The number of hydrogen-bond acceptors (Lipinski definition) is 4. The zero-order valence-electron chi connectivity index (χ0n) is 12.6. The van der Waals surface area contributed by atoms with Gasteiger partial charge < -0.3 is 19.8 Å². The van der Waals surface area contributed by atoms with E-state index in [4.69, 9.17) is 38.1 Å². The lowest BCUT2D eigenvalue weighted by molar-refractivity contribution is -0.0238. The van der Waals surface area contributed by atoms with Gasteiger partial charge >= 0.3 is 0 Å². The normalized spacial score (nSPS) is 18.0. The summed E-state index contributed by atoms with van der Waals surface area (Å²) in [6.45, 7) is 1.17. The van der Waals surface area contributed by atoms with E-state index in [2.05, 4.69) is 0 Å². The van der Waals surface area contributed by atoms with Gasteiger partial charge in [0, 0.05) is 17.1 Å². The second-order valence-electron chi connectivity index (χ2n) is 5.37. The van der Waals surface area contributed by atoms with E-state index >= 15 is 0 Å².